The van der Waals surface area contributed by atoms with Gasteiger partial charge in [-0.3, -0.25) is 4.79 Å². The molecule has 2 rings (SSSR count). The van der Waals surface area contributed by atoms with E-state index in [1.165, 1.54) is 0 Å². The van der Waals surface area contributed by atoms with E-state index < -0.39 is 0 Å². The molecule has 0 spiro atoms. The van der Waals surface area contributed by atoms with Crippen molar-refractivity contribution in [3.63, 3.8) is 0 Å². The molecule has 1 fully saturated rings. The third-order valence-corrected chi connectivity index (χ3v) is 2.98. The Morgan fingerprint density at radius 3 is 2.82 bits per heavy atom. The standard InChI is InChI=1S/C13H18N2O2/c14-9-11(10-5-2-1-3-6-10)15-13(16)12-7-4-8-17-12/h1-3,5-6,11-12H,4,7-9,14H2,(H,15,16)/t11-,12?/m1/s1. The van der Waals surface area contributed by atoms with Crippen LogP contribution >= 0.6 is 0 Å². The largest absolute Gasteiger partial charge is 0.368 e. The van der Waals surface area contributed by atoms with E-state index in [1.54, 1.807) is 0 Å². The summed E-state index contributed by atoms with van der Waals surface area (Å²) in [4.78, 5) is 11.9. The van der Waals surface area contributed by atoms with Crippen LogP contribution in [0.4, 0.5) is 0 Å². The van der Waals surface area contributed by atoms with Gasteiger partial charge in [-0.2, -0.15) is 0 Å². The predicted octanol–water partition coefficient (Wildman–Crippen LogP) is 0.982. The van der Waals surface area contributed by atoms with Crippen molar-refractivity contribution in [1.29, 1.82) is 0 Å². The van der Waals surface area contributed by atoms with E-state index in [9.17, 15) is 4.79 Å². The van der Waals surface area contributed by atoms with Crippen LogP contribution in [-0.2, 0) is 9.53 Å². The van der Waals surface area contributed by atoms with E-state index >= 15 is 0 Å². The molecule has 0 saturated carbocycles. The molecule has 1 unspecified atom stereocenters. The predicted molar refractivity (Wildman–Crippen MR) is 65.4 cm³/mol. The highest BCUT2D eigenvalue weighted by Crippen LogP contribution is 2.15. The number of benzene rings is 1. The molecule has 1 aromatic rings. The van der Waals surface area contributed by atoms with Gasteiger partial charge in [0, 0.05) is 13.2 Å². The van der Waals surface area contributed by atoms with Gasteiger partial charge < -0.3 is 15.8 Å². The summed E-state index contributed by atoms with van der Waals surface area (Å²) in [5.41, 5.74) is 6.73. The van der Waals surface area contributed by atoms with E-state index in [0.717, 1.165) is 18.4 Å². The Morgan fingerprint density at radius 1 is 1.47 bits per heavy atom. The normalized spacial score (nSPS) is 21.1. The van der Waals surface area contributed by atoms with Crippen molar-refractivity contribution in [1.82, 2.24) is 5.32 Å². The summed E-state index contributed by atoms with van der Waals surface area (Å²) in [6.45, 7) is 1.07. The molecule has 1 aliphatic heterocycles. The van der Waals surface area contributed by atoms with Crippen LogP contribution in [0.25, 0.3) is 0 Å². The van der Waals surface area contributed by atoms with Crippen LogP contribution in [0.1, 0.15) is 24.4 Å². The molecule has 92 valence electrons. The third kappa shape index (κ3) is 3.05. The Labute approximate surface area is 101 Å². The summed E-state index contributed by atoms with van der Waals surface area (Å²) in [6, 6.07) is 9.62. The van der Waals surface area contributed by atoms with Crippen molar-refractivity contribution in [3.8, 4) is 0 Å². The molecule has 0 aliphatic carbocycles. The minimum Gasteiger partial charge on any atom is -0.368 e. The number of hydrogen-bond donors (Lipinski definition) is 2. The number of carbonyl (C=O) groups excluding carboxylic acids is 1. The van der Waals surface area contributed by atoms with Crippen molar-refractivity contribution >= 4 is 5.91 Å². The molecule has 0 radical (unpaired) electrons. The van der Waals surface area contributed by atoms with Crippen LogP contribution in [0, 0.1) is 0 Å². The molecular formula is C13H18N2O2. The van der Waals surface area contributed by atoms with Crippen LogP contribution in [0.3, 0.4) is 0 Å². The average molecular weight is 234 g/mol. The van der Waals surface area contributed by atoms with Crippen LogP contribution in [0.5, 0.6) is 0 Å². The van der Waals surface area contributed by atoms with Crippen molar-refractivity contribution in [2.45, 2.75) is 25.0 Å². The first-order valence-corrected chi connectivity index (χ1v) is 5.98. The van der Waals surface area contributed by atoms with Gasteiger partial charge in [0.15, 0.2) is 0 Å². The molecular weight excluding hydrogens is 216 g/mol. The second-order valence-corrected chi connectivity index (χ2v) is 4.21. The van der Waals surface area contributed by atoms with E-state index in [-0.39, 0.29) is 18.1 Å². The van der Waals surface area contributed by atoms with Crippen LogP contribution in [0.15, 0.2) is 30.3 Å². The van der Waals surface area contributed by atoms with E-state index in [4.69, 9.17) is 10.5 Å². The maximum Gasteiger partial charge on any atom is 0.249 e. The minimum absolute atomic E-state index is 0.0539. The summed E-state index contributed by atoms with van der Waals surface area (Å²) in [7, 11) is 0. The van der Waals surface area contributed by atoms with Crippen LogP contribution in [0.2, 0.25) is 0 Å². The molecule has 4 nitrogen and oxygen atoms in total. The zero-order valence-corrected chi connectivity index (χ0v) is 9.76. The highest BCUT2D eigenvalue weighted by Gasteiger charge is 2.25. The number of ether oxygens (including phenoxy) is 1. The number of nitrogens with one attached hydrogen (secondary N) is 1. The Balaban J connectivity index is 1.97. The fraction of sp³-hybridized carbons (Fsp3) is 0.462. The molecule has 1 aliphatic rings. The first-order chi connectivity index (χ1) is 8.31. The maximum absolute atomic E-state index is 11.9. The van der Waals surface area contributed by atoms with Crippen molar-refractivity contribution < 1.29 is 9.53 Å². The maximum atomic E-state index is 11.9. The van der Waals surface area contributed by atoms with Crippen molar-refractivity contribution in [2.24, 2.45) is 5.73 Å². The van der Waals surface area contributed by atoms with Gasteiger partial charge in [-0.05, 0) is 18.4 Å². The second-order valence-electron chi connectivity index (χ2n) is 4.21. The first-order valence-electron chi connectivity index (χ1n) is 5.98. The van der Waals surface area contributed by atoms with Gasteiger partial charge in [0.25, 0.3) is 0 Å². The van der Waals surface area contributed by atoms with Gasteiger partial charge in [0.05, 0.1) is 6.04 Å². The Morgan fingerprint density at radius 2 is 2.24 bits per heavy atom. The SMILES string of the molecule is NC[C@@H](NC(=O)C1CCCO1)c1ccccc1. The number of carbonyl (C=O) groups is 1. The number of nitrogens with two attached hydrogens (primary N) is 1. The quantitative estimate of drug-likeness (QED) is 0.816. The molecule has 0 aromatic heterocycles. The summed E-state index contributed by atoms with van der Waals surface area (Å²) < 4.78 is 5.34. The first kappa shape index (κ1) is 12.1. The lowest BCUT2D eigenvalue weighted by Crippen LogP contribution is -2.39. The van der Waals surface area contributed by atoms with Gasteiger partial charge in [-0.1, -0.05) is 30.3 Å². The summed E-state index contributed by atoms with van der Waals surface area (Å²) in [5, 5.41) is 2.94. The molecule has 1 saturated heterocycles. The zero-order chi connectivity index (χ0) is 12.1. The average Bonchev–Trinajstić information content (AvgIpc) is 2.90. The fourth-order valence-electron chi connectivity index (χ4n) is 2.01. The van der Waals surface area contributed by atoms with Crippen LogP contribution in [-0.4, -0.2) is 25.2 Å². The molecule has 17 heavy (non-hydrogen) atoms. The molecule has 1 aromatic carbocycles. The van der Waals surface area contributed by atoms with E-state index in [0.29, 0.717) is 13.2 Å². The van der Waals surface area contributed by atoms with Gasteiger partial charge in [0.1, 0.15) is 6.10 Å². The Bertz CT molecular complexity index is 361. The minimum atomic E-state index is -0.298. The number of hydrogen-bond acceptors (Lipinski definition) is 3. The van der Waals surface area contributed by atoms with Gasteiger partial charge >= 0.3 is 0 Å². The fourth-order valence-corrected chi connectivity index (χ4v) is 2.01. The second kappa shape index (κ2) is 5.80. The lowest BCUT2D eigenvalue weighted by molar-refractivity contribution is -0.130. The highest BCUT2D eigenvalue weighted by atomic mass is 16.5. The highest BCUT2D eigenvalue weighted by molar-refractivity contribution is 5.81. The number of rotatable bonds is 4. The Hall–Kier alpha value is -1.39. The Kier molecular flexibility index (Phi) is 4.12. The molecule has 2 atom stereocenters. The molecule has 1 heterocycles. The topological polar surface area (TPSA) is 64.3 Å². The van der Waals surface area contributed by atoms with Gasteiger partial charge in [-0.15, -0.1) is 0 Å². The molecule has 0 bridgehead atoms. The van der Waals surface area contributed by atoms with Gasteiger partial charge in [-0.25, -0.2) is 0 Å². The van der Waals surface area contributed by atoms with Gasteiger partial charge in [0.2, 0.25) is 5.91 Å². The molecule has 3 N–H and O–H groups in total. The third-order valence-electron chi connectivity index (χ3n) is 2.98. The lowest BCUT2D eigenvalue weighted by atomic mass is 10.1. The summed E-state index contributed by atoms with van der Waals surface area (Å²) in [5.74, 6) is -0.0539. The molecule has 1 amide bonds. The van der Waals surface area contributed by atoms with Crippen molar-refractivity contribution in [2.75, 3.05) is 13.2 Å². The number of amides is 1. The van der Waals surface area contributed by atoms with E-state index in [2.05, 4.69) is 5.32 Å². The zero-order valence-electron chi connectivity index (χ0n) is 9.76. The smallest absolute Gasteiger partial charge is 0.249 e. The van der Waals surface area contributed by atoms with Crippen molar-refractivity contribution in [3.05, 3.63) is 35.9 Å². The summed E-state index contributed by atoms with van der Waals surface area (Å²) >= 11 is 0. The monoisotopic (exact) mass is 234 g/mol. The van der Waals surface area contributed by atoms with Crippen LogP contribution < -0.4 is 11.1 Å². The molecule has 4 heteroatoms. The lowest BCUT2D eigenvalue weighted by Gasteiger charge is -2.19. The summed E-state index contributed by atoms with van der Waals surface area (Å²) in [6.07, 6.45) is 1.46. The van der Waals surface area contributed by atoms with E-state index in [1.807, 2.05) is 30.3 Å².